The highest BCUT2D eigenvalue weighted by molar-refractivity contribution is 9.09. The first kappa shape index (κ1) is 29.7. The number of nitrogens with zero attached hydrogens (tertiary/aromatic N) is 3. The van der Waals surface area contributed by atoms with Gasteiger partial charge >= 0.3 is 0 Å². The predicted octanol–water partition coefficient (Wildman–Crippen LogP) is 3.85. The second kappa shape index (κ2) is 12.0. The monoisotopic (exact) mass is 609 g/mol. The molecule has 212 valence electrons. The number of fused-ring (bicyclic) bond motifs is 1. The van der Waals surface area contributed by atoms with Crippen molar-refractivity contribution in [2.24, 2.45) is 17.8 Å². The summed E-state index contributed by atoms with van der Waals surface area (Å²) in [6.45, 7) is 12.5. The summed E-state index contributed by atoms with van der Waals surface area (Å²) in [5, 5.41) is 10.4. The maximum absolute atomic E-state index is 14.7. The maximum atomic E-state index is 14.7. The van der Waals surface area contributed by atoms with E-state index in [0.717, 1.165) is 25.7 Å². The zero-order valence-electron chi connectivity index (χ0n) is 23.1. The quantitative estimate of drug-likeness (QED) is 0.284. The molecular weight excluding hydrogens is 566 g/mol. The molecule has 9 heteroatoms. The molecule has 4 rings (SSSR count). The Morgan fingerprint density at radius 2 is 1.84 bits per heavy atom. The van der Waals surface area contributed by atoms with Crippen LogP contribution in [-0.2, 0) is 14.4 Å². The fourth-order valence-electron chi connectivity index (χ4n) is 7.49. The lowest BCUT2D eigenvalue weighted by molar-refractivity contribution is -0.148. The minimum atomic E-state index is -0.713. The number of carbonyl (C=O) groups excluding carboxylic acids is 3. The van der Waals surface area contributed by atoms with Crippen LogP contribution in [0.2, 0.25) is 0 Å². The van der Waals surface area contributed by atoms with Crippen molar-refractivity contribution in [1.82, 2.24) is 14.7 Å². The van der Waals surface area contributed by atoms with Gasteiger partial charge in [0.1, 0.15) is 6.04 Å². The van der Waals surface area contributed by atoms with Gasteiger partial charge in [0.25, 0.3) is 0 Å². The zero-order chi connectivity index (χ0) is 27.8. The van der Waals surface area contributed by atoms with Crippen molar-refractivity contribution < 1.29 is 19.5 Å². The average molecular weight is 611 g/mol. The Balaban J connectivity index is 1.80. The Labute approximate surface area is 240 Å². The third kappa shape index (κ3) is 5.00. The molecule has 2 bridgehead atoms. The molecule has 4 aliphatic rings. The molecule has 0 aromatic heterocycles. The first-order valence-electron chi connectivity index (χ1n) is 14.1. The van der Waals surface area contributed by atoms with Gasteiger partial charge in [-0.2, -0.15) is 0 Å². The highest BCUT2D eigenvalue weighted by atomic mass is 79.9. The molecule has 4 fully saturated rings. The number of amides is 3. The molecular formula is C29H44BrN3O4S. The summed E-state index contributed by atoms with van der Waals surface area (Å²) < 4.78 is -0.708. The third-order valence-corrected chi connectivity index (χ3v) is 12.2. The van der Waals surface area contributed by atoms with Crippen molar-refractivity contribution in [3.63, 3.8) is 0 Å². The number of carbonyl (C=O) groups is 3. The van der Waals surface area contributed by atoms with Crippen molar-refractivity contribution in [3.05, 3.63) is 25.3 Å². The summed E-state index contributed by atoms with van der Waals surface area (Å²) >= 11 is 5.51. The summed E-state index contributed by atoms with van der Waals surface area (Å²) in [6, 6.07) is -1.06. The molecule has 3 aliphatic heterocycles. The molecule has 3 saturated heterocycles. The highest BCUT2D eigenvalue weighted by Crippen LogP contribution is 2.68. The van der Waals surface area contributed by atoms with E-state index in [-0.39, 0.29) is 46.4 Å². The van der Waals surface area contributed by atoms with E-state index in [4.69, 9.17) is 0 Å². The lowest BCUT2D eigenvalue weighted by Gasteiger charge is -2.43. The Morgan fingerprint density at radius 3 is 2.42 bits per heavy atom. The molecule has 7 nitrogen and oxygen atoms in total. The number of thioether (sulfide) groups is 1. The Morgan fingerprint density at radius 1 is 1.18 bits per heavy atom. The fourth-order valence-corrected chi connectivity index (χ4v) is 11.1. The van der Waals surface area contributed by atoms with E-state index in [1.807, 2.05) is 4.90 Å². The number of likely N-dealkylation sites (tertiary alicyclic amines) is 1. The van der Waals surface area contributed by atoms with Crippen LogP contribution in [0.1, 0.15) is 58.8 Å². The molecule has 0 radical (unpaired) electrons. The van der Waals surface area contributed by atoms with Crippen LogP contribution in [0.25, 0.3) is 0 Å². The molecule has 0 aromatic carbocycles. The topological polar surface area (TPSA) is 81.2 Å². The fraction of sp³-hybridized carbons (Fsp3) is 0.759. The van der Waals surface area contributed by atoms with Crippen molar-refractivity contribution in [2.75, 3.05) is 26.7 Å². The summed E-state index contributed by atoms with van der Waals surface area (Å²) in [4.78, 5) is 48.2. The molecule has 1 aliphatic carbocycles. The van der Waals surface area contributed by atoms with Crippen LogP contribution in [0, 0.1) is 17.8 Å². The number of alkyl halides is 1. The van der Waals surface area contributed by atoms with Crippen LogP contribution in [0.4, 0.5) is 0 Å². The van der Waals surface area contributed by atoms with E-state index in [1.54, 1.807) is 40.8 Å². The lowest BCUT2D eigenvalue weighted by Crippen LogP contribution is -2.59. The van der Waals surface area contributed by atoms with E-state index in [0.29, 0.717) is 25.9 Å². The molecule has 1 spiro atoms. The first-order valence-corrected chi connectivity index (χ1v) is 15.9. The molecule has 3 amide bonds. The number of aliphatic hydroxyl groups excluding tert-OH is 1. The van der Waals surface area contributed by atoms with Crippen LogP contribution in [0.5, 0.6) is 0 Å². The SMILES string of the molecule is C=CCN(C)C(=O)[C@H]1[C@H]2C(=O)N([C@@H](CO)CC(C)C)C(C(=O)N(CC=C)C3CCCCC3)C23CC(Br)[C@@H]1S3. The van der Waals surface area contributed by atoms with Crippen LogP contribution in [0.15, 0.2) is 25.3 Å². The summed E-state index contributed by atoms with van der Waals surface area (Å²) in [7, 11) is 1.75. The lowest BCUT2D eigenvalue weighted by atomic mass is 9.70. The van der Waals surface area contributed by atoms with E-state index >= 15 is 0 Å². The van der Waals surface area contributed by atoms with Crippen molar-refractivity contribution >= 4 is 45.4 Å². The number of aliphatic hydroxyl groups is 1. The van der Waals surface area contributed by atoms with Crippen molar-refractivity contribution in [2.45, 2.75) is 91.7 Å². The van der Waals surface area contributed by atoms with Gasteiger partial charge in [-0.15, -0.1) is 24.9 Å². The molecule has 0 aromatic rings. The van der Waals surface area contributed by atoms with E-state index in [1.165, 1.54) is 6.42 Å². The predicted molar refractivity (Wildman–Crippen MR) is 156 cm³/mol. The average Bonchev–Trinajstić information content (AvgIpc) is 3.49. The van der Waals surface area contributed by atoms with Gasteiger partial charge < -0.3 is 19.8 Å². The molecule has 1 N–H and O–H groups in total. The summed E-state index contributed by atoms with van der Waals surface area (Å²) in [5.74, 6) is -1.13. The van der Waals surface area contributed by atoms with Crippen LogP contribution in [-0.4, -0.2) is 97.2 Å². The van der Waals surface area contributed by atoms with Gasteiger partial charge in [0, 0.05) is 36.3 Å². The zero-order valence-corrected chi connectivity index (χ0v) is 25.5. The minimum Gasteiger partial charge on any atom is -0.394 e. The van der Waals surface area contributed by atoms with Gasteiger partial charge in [0.05, 0.1) is 29.2 Å². The number of rotatable bonds is 11. The molecule has 7 atom stereocenters. The van der Waals surface area contributed by atoms with Crippen LogP contribution in [0.3, 0.4) is 0 Å². The Hall–Kier alpha value is -1.32. The standard InChI is InChI=1S/C29H44BrN3O4S/c1-6-13-31(5)26(35)22-23-27(36)33(20(17-34)15-18(3)4)25(29(23)16-21(30)24(22)38-29)28(37)32(14-7-2)19-11-9-8-10-12-19/h6-7,18-25,34H,1-2,8-17H2,3-5H3/t20-,21?,22+,23+,24+,25?,29?/m1/s1. The molecule has 38 heavy (non-hydrogen) atoms. The van der Waals surface area contributed by atoms with Crippen LogP contribution < -0.4 is 0 Å². The number of likely N-dealkylation sites (N-methyl/N-ethyl adjacent to an activating group) is 1. The van der Waals surface area contributed by atoms with E-state index in [2.05, 4.69) is 42.9 Å². The largest absolute Gasteiger partial charge is 0.394 e. The van der Waals surface area contributed by atoms with Crippen molar-refractivity contribution in [1.29, 1.82) is 0 Å². The second-order valence-corrected chi connectivity index (χ2v) is 14.7. The molecule has 1 saturated carbocycles. The summed E-state index contributed by atoms with van der Waals surface area (Å²) in [6.07, 6.45) is 9.98. The molecule has 3 unspecified atom stereocenters. The highest BCUT2D eigenvalue weighted by Gasteiger charge is 2.76. The van der Waals surface area contributed by atoms with Gasteiger partial charge in [-0.25, -0.2) is 0 Å². The number of halogens is 1. The Kier molecular flexibility index (Phi) is 9.40. The maximum Gasteiger partial charge on any atom is 0.247 e. The van der Waals surface area contributed by atoms with Crippen molar-refractivity contribution in [3.8, 4) is 0 Å². The number of hydrogen-bond acceptors (Lipinski definition) is 5. The number of hydrogen-bond donors (Lipinski definition) is 1. The van der Waals surface area contributed by atoms with Gasteiger partial charge in [-0.3, -0.25) is 14.4 Å². The van der Waals surface area contributed by atoms with Gasteiger partial charge in [0.15, 0.2) is 0 Å². The van der Waals surface area contributed by atoms with E-state index < -0.39 is 28.7 Å². The second-order valence-electron chi connectivity index (χ2n) is 12.0. The Bertz CT molecular complexity index is 941. The normalized spacial score (nSPS) is 33.4. The van der Waals surface area contributed by atoms with Crippen LogP contribution >= 0.6 is 27.7 Å². The van der Waals surface area contributed by atoms with E-state index in [9.17, 15) is 19.5 Å². The molecule has 3 heterocycles. The third-order valence-electron chi connectivity index (χ3n) is 9.00. The van der Waals surface area contributed by atoms with Gasteiger partial charge in [0.2, 0.25) is 17.7 Å². The van der Waals surface area contributed by atoms with Gasteiger partial charge in [-0.05, 0) is 31.6 Å². The minimum absolute atomic E-state index is 0.0260. The smallest absolute Gasteiger partial charge is 0.247 e. The van der Waals surface area contributed by atoms with Gasteiger partial charge in [-0.1, -0.05) is 61.2 Å². The first-order chi connectivity index (χ1) is 18.1. The summed E-state index contributed by atoms with van der Waals surface area (Å²) in [5.41, 5.74) is 0.